The van der Waals surface area contributed by atoms with Gasteiger partial charge in [0, 0.05) is 29.6 Å². The van der Waals surface area contributed by atoms with Gasteiger partial charge in [-0.3, -0.25) is 9.69 Å². The summed E-state index contributed by atoms with van der Waals surface area (Å²) >= 11 is 0. The van der Waals surface area contributed by atoms with Crippen LogP contribution in [0, 0.1) is 13.8 Å². The summed E-state index contributed by atoms with van der Waals surface area (Å²) in [7, 11) is 0. The van der Waals surface area contributed by atoms with Crippen LogP contribution in [-0.4, -0.2) is 36.9 Å². The average molecular weight is 537 g/mol. The molecule has 204 valence electrons. The Bertz CT molecular complexity index is 1710. The lowest BCUT2D eigenvalue weighted by molar-refractivity contribution is 0.161. The first-order chi connectivity index (χ1) is 19.5. The van der Waals surface area contributed by atoms with Gasteiger partial charge in [0.15, 0.2) is 17.3 Å². The molecular weight excluding hydrogens is 504 g/mol. The Hall–Kier alpha value is -4.50. The molecule has 0 saturated heterocycles. The minimum atomic E-state index is -0.140. The Labute approximate surface area is 232 Å². The molecule has 0 bridgehead atoms. The highest BCUT2D eigenvalue weighted by Crippen LogP contribution is 2.34. The molecule has 9 heteroatoms. The summed E-state index contributed by atoms with van der Waals surface area (Å²) in [6, 6.07) is 22.2. The normalized spacial score (nSPS) is 13.3. The first-order valence-electron chi connectivity index (χ1n) is 13.5. The van der Waals surface area contributed by atoms with Crippen LogP contribution in [0.2, 0.25) is 0 Å². The van der Waals surface area contributed by atoms with Gasteiger partial charge >= 0.3 is 0 Å². The highest BCUT2D eigenvalue weighted by molar-refractivity contribution is 5.83. The minimum absolute atomic E-state index is 0.0908. The smallest absolute Gasteiger partial charge is 0.252 e. The van der Waals surface area contributed by atoms with Crippen molar-refractivity contribution in [3.63, 3.8) is 0 Å². The Morgan fingerprint density at radius 1 is 0.975 bits per heavy atom. The standard InChI is InChI=1S/C31H32N6O3/c1-4-27(30-33-34-35-37(30)17-22-8-6-5-7-9-22)36(16-23-10-11-28-29(14-23)40-19-39-28)18-24-15-25-21(3)12-20(2)13-26(25)32-31(24)38/h5-15,27H,4,16-19H2,1-3H3,(H,32,38)/t27-/m1/s1. The molecule has 1 N–H and O–H groups in total. The van der Waals surface area contributed by atoms with E-state index >= 15 is 0 Å². The number of ether oxygens (including phenoxy) is 2. The van der Waals surface area contributed by atoms with E-state index in [1.165, 1.54) is 0 Å². The number of aryl methyl sites for hydroxylation is 2. The van der Waals surface area contributed by atoms with Gasteiger partial charge in [-0.05, 0) is 77.2 Å². The van der Waals surface area contributed by atoms with E-state index in [1.807, 2.05) is 60.1 Å². The fourth-order valence-corrected chi connectivity index (χ4v) is 5.53. The second kappa shape index (κ2) is 10.9. The fourth-order valence-electron chi connectivity index (χ4n) is 5.53. The third-order valence-corrected chi connectivity index (χ3v) is 7.45. The van der Waals surface area contributed by atoms with Gasteiger partial charge in [-0.25, -0.2) is 4.68 Å². The lowest BCUT2D eigenvalue weighted by Crippen LogP contribution is -2.32. The molecular formula is C31H32N6O3. The molecule has 0 fully saturated rings. The lowest BCUT2D eigenvalue weighted by atomic mass is 10.0. The molecule has 6 rings (SSSR count). The number of aromatic amines is 1. The molecule has 1 atom stereocenters. The molecule has 3 aromatic carbocycles. The summed E-state index contributed by atoms with van der Waals surface area (Å²) in [5.41, 5.74) is 5.88. The Kier molecular flexibility index (Phi) is 7.04. The summed E-state index contributed by atoms with van der Waals surface area (Å²) < 4.78 is 13.0. The van der Waals surface area contributed by atoms with Crippen LogP contribution in [0.15, 0.2) is 71.5 Å². The van der Waals surface area contributed by atoms with Crippen LogP contribution < -0.4 is 15.0 Å². The van der Waals surface area contributed by atoms with Gasteiger partial charge in [0.1, 0.15) is 0 Å². The van der Waals surface area contributed by atoms with Crippen molar-refractivity contribution >= 4 is 10.9 Å². The van der Waals surface area contributed by atoms with Gasteiger partial charge in [-0.1, -0.05) is 49.4 Å². The molecule has 5 aromatic rings. The van der Waals surface area contributed by atoms with E-state index in [0.29, 0.717) is 25.2 Å². The van der Waals surface area contributed by atoms with Crippen molar-refractivity contribution < 1.29 is 9.47 Å². The number of pyridine rings is 1. The predicted molar refractivity (Wildman–Crippen MR) is 152 cm³/mol. The number of nitrogens with one attached hydrogen (secondary N) is 1. The van der Waals surface area contributed by atoms with Gasteiger partial charge in [-0.2, -0.15) is 0 Å². The number of rotatable bonds is 9. The maximum Gasteiger partial charge on any atom is 0.252 e. The molecule has 3 heterocycles. The molecule has 0 amide bonds. The monoisotopic (exact) mass is 536 g/mol. The van der Waals surface area contributed by atoms with E-state index in [4.69, 9.17) is 9.47 Å². The van der Waals surface area contributed by atoms with Crippen molar-refractivity contribution in [2.24, 2.45) is 0 Å². The maximum absolute atomic E-state index is 13.3. The Balaban J connectivity index is 1.39. The predicted octanol–water partition coefficient (Wildman–Crippen LogP) is 5.06. The van der Waals surface area contributed by atoms with Crippen molar-refractivity contribution in [3.05, 3.63) is 111 Å². The highest BCUT2D eigenvalue weighted by atomic mass is 16.7. The summed E-state index contributed by atoms with van der Waals surface area (Å²) in [5.74, 6) is 2.23. The molecule has 2 aromatic heterocycles. The SMILES string of the molecule is CC[C@H](c1nnnn1Cc1ccccc1)N(Cc1ccc2c(c1)OCO2)Cc1cc2c(C)cc(C)cc2[nH]c1=O. The van der Waals surface area contributed by atoms with Crippen molar-refractivity contribution in [1.82, 2.24) is 30.1 Å². The second-order valence-corrected chi connectivity index (χ2v) is 10.4. The van der Waals surface area contributed by atoms with Gasteiger partial charge in [0.25, 0.3) is 5.56 Å². The van der Waals surface area contributed by atoms with Crippen LogP contribution in [0.3, 0.4) is 0 Å². The van der Waals surface area contributed by atoms with Gasteiger partial charge in [-0.15, -0.1) is 5.10 Å². The number of aromatic nitrogens is 5. The molecule has 0 aliphatic carbocycles. The number of nitrogens with zero attached hydrogens (tertiary/aromatic N) is 5. The van der Waals surface area contributed by atoms with E-state index in [9.17, 15) is 4.79 Å². The lowest BCUT2D eigenvalue weighted by Gasteiger charge is -2.30. The quantitative estimate of drug-likeness (QED) is 0.281. The third kappa shape index (κ3) is 5.20. The van der Waals surface area contributed by atoms with Gasteiger partial charge in [0.2, 0.25) is 6.79 Å². The fraction of sp³-hybridized carbons (Fsp3) is 0.290. The summed E-state index contributed by atoms with van der Waals surface area (Å²) in [5, 5.41) is 13.9. The van der Waals surface area contributed by atoms with E-state index in [1.54, 1.807) is 0 Å². The van der Waals surface area contributed by atoms with Crippen molar-refractivity contribution in [1.29, 1.82) is 0 Å². The van der Waals surface area contributed by atoms with Crippen LogP contribution in [0.25, 0.3) is 10.9 Å². The van der Waals surface area contributed by atoms with Crippen molar-refractivity contribution in [2.45, 2.75) is 52.9 Å². The molecule has 1 aliphatic rings. The number of hydrogen-bond acceptors (Lipinski definition) is 7. The highest BCUT2D eigenvalue weighted by Gasteiger charge is 2.27. The van der Waals surface area contributed by atoms with Crippen LogP contribution in [0.5, 0.6) is 11.5 Å². The first-order valence-corrected chi connectivity index (χ1v) is 13.5. The number of fused-ring (bicyclic) bond motifs is 2. The van der Waals surface area contributed by atoms with E-state index < -0.39 is 0 Å². The Morgan fingerprint density at radius 3 is 2.62 bits per heavy atom. The summed E-state index contributed by atoms with van der Waals surface area (Å²) in [6.07, 6.45) is 0.753. The topological polar surface area (TPSA) is 98.2 Å². The second-order valence-electron chi connectivity index (χ2n) is 10.4. The Morgan fingerprint density at radius 2 is 1.80 bits per heavy atom. The van der Waals surface area contributed by atoms with Gasteiger partial charge < -0.3 is 14.5 Å². The van der Waals surface area contributed by atoms with Crippen LogP contribution in [0.1, 0.15) is 53.0 Å². The third-order valence-electron chi connectivity index (χ3n) is 7.45. The van der Waals surface area contributed by atoms with Crippen molar-refractivity contribution in [2.75, 3.05) is 6.79 Å². The molecule has 40 heavy (non-hydrogen) atoms. The number of benzene rings is 3. The molecule has 9 nitrogen and oxygen atoms in total. The van der Waals surface area contributed by atoms with E-state index in [-0.39, 0.29) is 18.4 Å². The largest absolute Gasteiger partial charge is 0.454 e. The summed E-state index contributed by atoms with van der Waals surface area (Å²) in [6.45, 7) is 8.01. The minimum Gasteiger partial charge on any atom is -0.454 e. The van der Waals surface area contributed by atoms with Gasteiger partial charge in [0.05, 0.1) is 12.6 Å². The molecule has 0 spiro atoms. The van der Waals surface area contributed by atoms with Crippen LogP contribution >= 0.6 is 0 Å². The molecule has 0 saturated carbocycles. The molecule has 1 aliphatic heterocycles. The average Bonchev–Trinajstić information content (AvgIpc) is 3.60. The maximum atomic E-state index is 13.3. The zero-order chi connectivity index (χ0) is 27.6. The van der Waals surface area contributed by atoms with Crippen molar-refractivity contribution in [3.8, 4) is 11.5 Å². The first kappa shape index (κ1) is 25.8. The van der Waals surface area contributed by atoms with Crippen LogP contribution in [0.4, 0.5) is 0 Å². The number of H-pyrrole nitrogens is 1. The van der Waals surface area contributed by atoms with E-state index in [2.05, 4.69) is 57.5 Å². The summed E-state index contributed by atoms with van der Waals surface area (Å²) in [4.78, 5) is 18.7. The molecule has 0 radical (unpaired) electrons. The molecule has 0 unspecified atom stereocenters. The zero-order valence-electron chi connectivity index (χ0n) is 22.9. The van der Waals surface area contributed by atoms with Crippen LogP contribution in [-0.2, 0) is 19.6 Å². The van der Waals surface area contributed by atoms with E-state index in [0.717, 1.165) is 56.9 Å². The zero-order valence-corrected chi connectivity index (χ0v) is 22.9. The number of hydrogen-bond donors (Lipinski definition) is 1. The number of tetrazole rings is 1.